The van der Waals surface area contributed by atoms with Crippen molar-refractivity contribution in [2.24, 2.45) is 5.73 Å². The Morgan fingerprint density at radius 2 is 2.18 bits per heavy atom. The molecule has 5 heteroatoms. The summed E-state index contributed by atoms with van der Waals surface area (Å²) < 4.78 is 13.9. The molecule has 0 aromatic heterocycles. The van der Waals surface area contributed by atoms with Crippen LogP contribution in [0.15, 0.2) is 18.2 Å². The van der Waals surface area contributed by atoms with Gasteiger partial charge in [0.15, 0.2) is 0 Å². The third-order valence-corrected chi connectivity index (χ3v) is 3.65. The van der Waals surface area contributed by atoms with E-state index < -0.39 is 16.2 Å². The predicted molar refractivity (Wildman–Crippen MR) is 62.3 cm³/mol. The minimum absolute atomic E-state index is 0.113. The smallest absolute Gasteiger partial charge is 0.276 e. The van der Waals surface area contributed by atoms with Gasteiger partial charge in [-0.1, -0.05) is 12.5 Å². The minimum Gasteiger partial charge on any atom is -0.330 e. The molecule has 17 heavy (non-hydrogen) atoms. The fourth-order valence-electron chi connectivity index (χ4n) is 2.69. The van der Waals surface area contributed by atoms with Crippen LogP contribution >= 0.6 is 0 Å². The fraction of sp³-hybridized carbons (Fsp3) is 0.500. The molecule has 0 unspecified atom stereocenters. The average Bonchev–Trinajstić information content (AvgIpc) is 2.23. The minimum atomic E-state index is -0.505. The van der Waals surface area contributed by atoms with Gasteiger partial charge in [0.25, 0.3) is 5.69 Å². The van der Waals surface area contributed by atoms with E-state index in [4.69, 9.17) is 5.73 Å². The largest absolute Gasteiger partial charge is 0.330 e. The molecule has 4 nitrogen and oxygen atoms in total. The summed E-state index contributed by atoms with van der Waals surface area (Å²) in [6.07, 6.45) is 3.15. The third kappa shape index (κ3) is 1.91. The van der Waals surface area contributed by atoms with Crippen LogP contribution in [0, 0.1) is 15.9 Å². The van der Waals surface area contributed by atoms with Crippen molar-refractivity contribution < 1.29 is 9.31 Å². The number of halogens is 1. The molecule has 1 aliphatic carbocycles. The number of hydrogen-bond acceptors (Lipinski definition) is 3. The van der Waals surface area contributed by atoms with Gasteiger partial charge in [0.1, 0.15) is 5.82 Å². The SMILES string of the molecule is NCCC1(c2c(F)cccc2[N+](=O)[O-])CCC1. The van der Waals surface area contributed by atoms with E-state index in [1.807, 2.05) is 0 Å². The Labute approximate surface area is 98.8 Å². The molecule has 1 fully saturated rings. The third-order valence-electron chi connectivity index (χ3n) is 3.65. The van der Waals surface area contributed by atoms with E-state index >= 15 is 0 Å². The lowest BCUT2D eigenvalue weighted by molar-refractivity contribution is -0.386. The highest BCUT2D eigenvalue weighted by molar-refractivity contribution is 5.47. The molecule has 0 saturated heterocycles. The zero-order valence-electron chi connectivity index (χ0n) is 9.49. The lowest BCUT2D eigenvalue weighted by atomic mass is 9.62. The first-order valence-corrected chi connectivity index (χ1v) is 5.74. The summed E-state index contributed by atoms with van der Waals surface area (Å²) in [6, 6.07) is 4.04. The molecule has 0 amide bonds. The molecule has 0 heterocycles. The Bertz CT molecular complexity index is 444. The first-order valence-electron chi connectivity index (χ1n) is 5.74. The molecule has 92 valence electrons. The summed E-state index contributed by atoms with van der Waals surface area (Å²) in [5, 5.41) is 11.0. The van der Waals surface area contributed by atoms with Crippen molar-refractivity contribution in [3.63, 3.8) is 0 Å². The lowest BCUT2D eigenvalue weighted by Crippen LogP contribution is -2.37. The fourth-order valence-corrected chi connectivity index (χ4v) is 2.69. The van der Waals surface area contributed by atoms with Crippen LogP contribution in [0.5, 0.6) is 0 Å². The highest BCUT2D eigenvalue weighted by Crippen LogP contribution is 2.50. The summed E-state index contributed by atoms with van der Waals surface area (Å²) in [7, 11) is 0. The van der Waals surface area contributed by atoms with Gasteiger partial charge in [0, 0.05) is 11.5 Å². The van der Waals surface area contributed by atoms with Crippen LogP contribution in [0.1, 0.15) is 31.2 Å². The van der Waals surface area contributed by atoms with Crippen LogP contribution in [0.3, 0.4) is 0 Å². The predicted octanol–water partition coefficient (Wildman–Crippen LogP) is 2.50. The van der Waals surface area contributed by atoms with E-state index in [2.05, 4.69) is 0 Å². The molecule has 2 N–H and O–H groups in total. The van der Waals surface area contributed by atoms with Crippen molar-refractivity contribution in [3.05, 3.63) is 39.7 Å². The second-order valence-corrected chi connectivity index (χ2v) is 4.56. The van der Waals surface area contributed by atoms with Gasteiger partial charge in [-0.25, -0.2) is 4.39 Å². The number of hydrogen-bond donors (Lipinski definition) is 1. The van der Waals surface area contributed by atoms with E-state index in [0.29, 0.717) is 13.0 Å². The van der Waals surface area contributed by atoms with Crippen LogP contribution in [0.4, 0.5) is 10.1 Å². The Balaban J connectivity index is 2.52. The monoisotopic (exact) mass is 238 g/mol. The number of nitrogens with two attached hydrogens (primary N) is 1. The van der Waals surface area contributed by atoms with Crippen molar-refractivity contribution in [2.75, 3.05) is 6.54 Å². The summed E-state index contributed by atoms with van der Waals surface area (Å²) in [5.41, 5.74) is 5.27. The zero-order valence-corrected chi connectivity index (χ0v) is 9.49. The van der Waals surface area contributed by atoms with Crippen LogP contribution in [-0.2, 0) is 5.41 Å². The molecule has 0 aliphatic heterocycles. The molecule has 1 aromatic carbocycles. The van der Waals surface area contributed by atoms with Crippen molar-refractivity contribution in [3.8, 4) is 0 Å². The molecule has 0 spiro atoms. The molecule has 1 aromatic rings. The van der Waals surface area contributed by atoms with E-state index in [-0.39, 0.29) is 11.3 Å². The first-order chi connectivity index (χ1) is 8.10. The highest BCUT2D eigenvalue weighted by Gasteiger charge is 2.44. The standard InChI is InChI=1S/C12H15FN2O2/c13-9-3-1-4-10(15(16)17)11(9)12(7-8-14)5-2-6-12/h1,3-4H,2,5-8,14H2. The van der Waals surface area contributed by atoms with E-state index in [0.717, 1.165) is 19.3 Å². The summed E-state index contributed by atoms with van der Waals surface area (Å²) >= 11 is 0. The average molecular weight is 238 g/mol. The van der Waals surface area contributed by atoms with Crippen molar-refractivity contribution in [2.45, 2.75) is 31.1 Å². The molecule has 1 aliphatic rings. The maximum Gasteiger partial charge on any atom is 0.276 e. The number of benzene rings is 1. The Morgan fingerprint density at radius 1 is 1.47 bits per heavy atom. The second kappa shape index (κ2) is 4.41. The van der Waals surface area contributed by atoms with Crippen LogP contribution in [0.2, 0.25) is 0 Å². The number of nitro benzene ring substituents is 1. The Hall–Kier alpha value is -1.49. The van der Waals surface area contributed by atoms with Crippen molar-refractivity contribution in [1.29, 1.82) is 0 Å². The van der Waals surface area contributed by atoms with Gasteiger partial charge in [-0.15, -0.1) is 0 Å². The van der Waals surface area contributed by atoms with E-state index in [1.54, 1.807) is 0 Å². The van der Waals surface area contributed by atoms with Crippen molar-refractivity contribution >= 4 is 5.69 Å². The van der Waals surface area contributed by atoms with E-state index in [1.165, 1.54) is 18.2 Å². The van der Waals surface area contributed by atoms with E-state index in [9.17, 15) is 14.5 Å². The van der Waals surface area contributed by atoms with Crippen LogP contribution in [-0.4, -0.2) is 11.5 Å². The molecule has 0 bridgehead atoms. The molecule has 1 saturated carbocycles. The van der Waals surface area contributed by atoms with Crippen molar-refractivity contribution in [1.82, 2.24) is 0 Å². The summed E-state index contributed by atoms with van der Waals surface area (Å²) in [4.78, 5) is 10.5. The van der Waals surface area contributed by atoms with Gasteiger partial charge in [-0.2, -0.15) is 0 Å². The second-order valence-electron chi connectivity index (χ2n) is 4.56. The topological polar surface area (TPSA) is 69.2 Å². The summed E-state index contributed by atoms with van der Waals surface area (Å²) in [5.74, 6) is -0.479. The zero-order chi connectivity index (χ0) is 12.5. The number of nitrogens with zero attached hydrogens (tertiary/aromatic N) is 1. The lowest BCUT2D eigenvalue weighted by Gasteiger charge is -2.42. The number of rotatable bonds is 4. The van der Waals surface area contributed by atoms with Gasteiger partial charge in [0.2, 0.25) is 0 Å². The highest BCUT2D eigenvalue weighted by atomic mass is 19.1. The Morgan fingerprint density at radius 3 is 2.65 bits per heavy atom. The normalized spacial score (nSPS) is 17.5. The molecular weight excluding hydrogens is 223 g/mol. The first kappa shape index (κ1) is 12.0. The number of nitro groups is 1. The van der Waals surface area contributed by atoms with Crippen LogP contribution in [0.25, 0.3) is 0 Å². The van der Waals surface area contributed by atoms with Gasteiger partial charge in [-0.3, -0.25) is 10.1 Å². The molecule has 0 atom stereocenters. The van der Waals surface area contributed by atoms with Gasteiger partial charge < -0.3 is 5.73 Å². The quantitative estimate of drug-likeness (QED) is 0.647. The molecular formula is C12H15FN2O2. The maximum atomic E-state index is 13.9. The maximum absolute atomic E-state index is 13.9. The van der Waals surface area contributed by atoms with Gasteiger partial charge in [-0.05, 0) is 31.9 Å². The van der Waals surface area contributed by atoms with Gasteiger partial charge >= 0.3 is 0 Å². The Kier molecular flexibility index (Phi) is 3.11. The summed E-state index contributed by atoms with van der Waals surface area (Å²) in [6.45, 7) is 0.422. The van der Waals surface area contributed by atoms with Crippen LogP contribution < -0.4 is 5.73 Å². The molecule has 2 rings (SSSR count). The molecule has 0 radical (unpaired) electrons. The van der Waals surface area contributed by atoms with Gasteiger partial charge in [0.05, 0.1) is 10.5 Å².